The molecule has 0 unspecified atom stereocenters. The second-order valence-electron chi connectivity index (χ2n) is 5.72. The van der Waals surface area contributed by atoms with Crippen molar-refractivity contribution < 1.29 is 14.3 Å². The van der Waals surface area contributed by atoms with Gasteiger partial charge >= 0.3 is 0 Å². The summed E-state index contributed by atoms with van der Waals surface area (Å²) in [6.07, 6.45) is 0. The van der Waals surface area contributed by atoms with Crippen LogP contribution in [0.25, 0.3) is 11.4 Å². The number of nitrogens with zero attached hydrogens (tertiary/aromatic N) is 4. The molecule has 0 saturated carbocycles. The maximum absolute atomic E-state index is 12.3. The van der Waals surface area contributed by atoms with Crippen LogP contribution in [0.1, 0.15) is 15.9 Å². The maximum Gasteiger partial charge on any atom is 0.273 e. The fourth-order valence-corrected chi connectivity index (χ4v) is 2.37. The number of nitrogens with one attached hydrogen (secondary N) is 2. The summed E-state index contributed by atoms with van der Waals surface area (Å²) in [4.78, 5) is 25.4. The Morgan fingerprint density at radius 1 is 1.11 bits per heavy atom. The summed E-state index contributed by atoms with van der Waals surface area (Å²) < 4.78 is 5.16. The molecular weight excluding hydrogens is 348 g/mol. The van der Waals surface area contributed by atoms with Crippen LogP contribution in [0.4, 0.5) is 0 Å². The quantitative estimate of drug-likeness (QED) is 0.655. The molecule has 1 aromatic heterocycles. The maximum atomic E-state index is 12.3. The number of aryl methyl sites for hydroxylation is 1. The van der Waals surface area contributed by atoms with Crippen molar-refractivity contribution in [1.29, 1.82) is 0 Å². The van der Waals surface area contributed by atoms with E-state index in [4.69, 9.17) is 4.74 Å². The Morgan fingerprint density at radius 2 is 1.89 bits per heavy atom. The number of methoxy groups -OCH3 is 1. The first kappa shape index (κ1) is 18.1. The Labute approximate surface area is 155 Å². The minimum absolute atomic E-state index is 0.189. The van der Waals surface area contributed by atoms with Crippen LogP contribution in [0, 0.1) is 6.92 Å². The lowest BCUT2D eigenvalue weighted by Gasteiger charge is -2.10. The van der Waals surface area contributed by atoms with Crippen LogP contribution in [-0.2, 0) is 11.3 Å². The number of hydrogen-bond donors (Lipinski definition) is 2. The number of aromatic nitrogens is 4. The highest BCUT2D eigenvalue weighted by atomic mass is 16.5. The third kappa shape index (κ3) is 4.46. The van der Waals surface area contributed by atoms with Gasteiger partial charge in [0.15, 0.2) is 0 Å². The molecule has 0 aliphatic rings. The molecule has 2 amide bonds. The zero-order valence-electron chi connectivity index (χ0n) is 14.8. The third-order valence-corrected chi connectivity index (χ3v) is 3.68. The van der Waals surface area contributed by atoms with E-state index in [-0.39, 0.29) is 6.54 Å². The number of benzene rings is 2. The lowest BCUT2D eigenvalue weighted by molar-refractivity contribution is -0.122. The second-order valence-corrected chi connectivity index (χ2v) is 5.72. The predicted molar refractivity (Wildman–Crippen MR) is 96.6 cm³/mol. The number of carbonyl (C=O) groups excluding carboxylic acids is 2. The molecule has 0 fully saturated rings. The second kappa shape index (κ2) is 8.09. The van der Waals surface area contributed by atoms with Crippen molar-refractivity contribution in [3.05, 3.63) is 59.7 Å². The molecule has 0 radical (unpaired) electrons. The minimum atomic E-state index is -0.494. The summed E-state index contributed by atoms with van der Waals surface area (Å²) in [5, 5.41) is 11.9. The zero-order chi connectivity index (χ0) is 19.2. The average Bonchev–Trinajstić information content (AvgIpc) is 3.15. The van der Waals surface area contributed by atoms with Gasteiger partial charge in [0.2, 0.25) is 5.82 Å². The van der Waals surface area contributed by atoms with Crippen molar-refractivity contribution in [1.82, 2.24) is 31.1 Å². The molecule has 3 rings (SSSR count). The Morgan fingerprint density at radius 3 is 2.63 bits per heavy atom. The number of hydrogen-bond acceptors (Lipinski definition) is 6. The van der Waals surface area contributed by atoms with Crippen molar-refractivity contribution in [2.45, 2.75) is 13.5 Å². The first-order chi connectivity index (χ1) is 13.1. The smallest absolute Gasteiger partial charge is 0.273 e. The molecule has 0 aliphatic carbocycles. The summed E-state index contributed by atoms with van der Waals surface area (Å²) in [5.41, 5.74) is 6.69. The summed E-state index contributed by atoms with van der Waals surface area (Å²) >= 11 is 0. The molecule has 9 heteroatoms. The van der Waals surface area contributed by atoms with E-state index in [9.17, 15) is 9.59 Å². The molecule has 2 aromatic carbocycles. The number of hydrazine groups is 1. The van der Waals surface area contributed by atoms with Crippen LogP contribution in [0.15, 0.2) is 48.5 Å². The van der Waals surface area contributed by atoms with Gasteiger partial charge in [0.25, 0.3) is 11.8 Å². The molecule has 0 spiro atoms. The van der Waals surface area contributed by atoms with Crippen molar-refractivity contribution in [2.24, 2.45) is 0 Å². The van der Waals surface area contributed by atoms with Crippen molar-refractivity contribution >= 4 is 11.8 Å². The largest absolute Gasteiger partial charge is 0.496 e. The van der Waals surface area contributed by atoms with Gasteiger partial charge in [0.1, 0.15) is 12.3 Å². The molecule has 138 valence electrons. The van der Waals surface area contributed by atoms with E-state index in [0.717, 1.165) is 15.9 Å². The third-order valence-electron chi connectivity index (χ3n) is 3.68. The standard InChI is InChI=1S/C18H18N6O3/c1-12-8-9-15(27-2)14(10-12)18(26)21-19-16(25)11-24-22-17(20-23-24)13-6-4-3-5-7-13/h3-10H,11H2,1-2H3,(H,19,25)(H,21,26). The van der Waals surface area contributed by atoms with Gasteiger partial charge in [-0.1, -0.05) is 42.0 Å². The van der Waals surface area contributed by atoms with E-state index in [1.54, 1.807) is 12.1 Å². The van der Waals surface area contributed by atoms with Crippen LogP contribution >= 0.6 is 0 Å². The normalized spacial score (nSPS) is 10.3. The van der Waals surface area contributed by atoms with Crippen molar-refractivity contribution in [3.8, 4) is 17.1 Å². The molecule has 2 N–H and O–H groups in total. The van der Waals surface area contributed by atoms with E-state index in [1.807, 2.05) is 43.3 Å². The van der Waals surface area contributed by atoms with Crippen molar-refractivity contribution in [3.63, 3.8) is 0 Å². The molecule has 1 heterocycles. The molecule has 9 nitrogen and oxygen atoms in total. The van der Waals surface area contributed by atoms with Gasteiger partial charge < -0.3 is 4.74 Å². The van der Waals surface area contributed by atoms with E-state index in [1.165, 1.54) is 7.11 Å². The fraction of sp³-hybridized carbons (Fsp3) is 0.167. The Kier molecular flexibility index (Phi) is 5.41. The van der Waals surface area contributed by atoms with E-state index in [0.29, 0.717) is 17.1 Å². The first-order valence-corrected chi connectivity index (χ1v) is 8.14. The van der Waals surface area contributed by atoms with Crippen molar-refractivity contribution in [2.75, 3.05) is 7.11 Å². The molecule has 0 aliphatic heterocycles. The zero-order valence-corrected chi connectivity index (χ0v) is 14.8. The van der Waals surface area contributed by atoms with E-state index >= 15 is 0 Å². The van der Waals surface area contributed by atoms with E-state index in [2.05, 4.69) is 26.3 Å². The van der Waals surface area contributed by atoms with E-state index < -0.39 is 11.8 Å². The van der Waals surface area contributed by atoms with Gasteiger partial charge in [-0.3, -0.25) is 20.4 Å². The molecule has 0 atom stereocenters. The molecule has 27 heavy (non-hydrogen) atoms. The summed E-state index contributed by atoms with van der Waals surface area (Å²) in [6, 6.07) is 14.5. The van der Waals surface area contributed by atoms with Crippen LogP contribution in [0.2, 0.25) is 0 Å². The lowest BCUT2D eigenvalue weighted by Crippen LogP contribution is -2.43. The monoisotopic (exact) mass is 366 g/mol. The fourth-order valence-electron chi connectivity index (χ4n) is 2.37. The average molecular weight is 366 g/mol. The van der Waals surface area contributed by atoms with Gasteiger partial charge in [0.05, 0.1) is 12.7 Å². The predicted octanol–water partition coefficient (Wildman–Crippen LogP) is 1.12. The summed E-state index contributed by atoms with van der Waals surface area (Å²) in [7, 11) is 1.47. The molecule has 0 bridgehead atoms. The topological polar surface area (TPSA) is 111 Å². The number of carbonyl (C=O) groups is 2. The Balaban J connectivity index is 1.58. The lowest BCUT2D eigenvalue weighted by atomic mass is 10.1. The van der Waals surface area contributed by atoms with Crippen LogP contribution < -0.4 is 15.6 Å². The van der Waals surface area contributed by atoms with Gasteiger partial charge in [-0.2, -0.15) is 4.80 Å². The minimum Gasteiger partial charge on any atom is -0.496 e. The molecule has 0 saturated heterocycles. The Hall–Kier alpha value is -3.75. The number of tetrazole rings is 1. The summed E-state index contributed by atoms with van der Waals surface area (Å²) in [6.45, 7) is 1.67. The highest BCUT2D eigenvalue weighted by Gasteiger charge is 2.14. The first-order valence-electron chi connectivity index (χ1n) is 8.14. The number of rotatable bonds is 5. The van der Waals surface area contributed by atoms with Crippen LogP contribution in [-0.4, -0.2) is 39.1 Å². The van der Waals surface area contributed by atoms with Gasteiger partial charge in [-0.05, 0) is 24.3 Å². The van der Waals surface area contributed by atoms with Crippen LogP contribution in [0.5, 0.6) is 5.75 Å². The Bertz CT molecular complexity index is 955. The summed E-state index contributed by atoms with van der Waals surface area (Å²) in [5.74, 6) is -0.151. The molecular formula is C18H18N6O3. The molecule has 3 aromatic rings. The highest BCUT2D eigenvalue weighted by molar-refractivity contribution is 5.98. The van der Waals surface area contributed by atoms with Gasteiger partial charge in [-0.15, -0.1) is 10.2 Å². The number of ether oxygens (including phenoxy) is 1. The SMILES string of the molecule is COc1ccc(C)cc1C(=O)NNC(=O)Cn1nnc(-c2ccccc2)n1. The van der Waals surface area contributed by atoms with Gasteiger partial charge in [-0.25, -0.2) is 0 Å². The van der Waals surface area contributed by atoms with Gasteiger partial charge in [0, 0.05) is 5.56 Å². The number of amides is 2. The highest BCUT2D eigenvalue weighted by Crippen LogP contribution is 2.19. The van der Waals surface area contributed by atoms with Crippen LogP contribution in [0.3, 0.4) is 0 Å².